The van der Waals surface area contributed by atoms with Gasteiger partial charge in [0, 0.05) is 13.0 Å². The van der Waals surface area contributed by atoms with E-state index in [1.165, 1.54) is 5.56 Å². The summed E-state index contributed by atoms with van der Waals surface area (Å²) in [5, 5.41) is 2.84. The molecular weight excluding hydrogens is 214 g/mol. The lowest BCUT2D eigenvalue weighted by atomic mass is 10.1. The van der Waals surface area contributed by atoms with Crippen LogP contribution in [0.2, 0.25) is 0 Å². The van der Waals surface area contributed by atoms with Gasteiger partial charge in [-0.05, 0) is 24.8 Å². The highest BCUT2D eigenvalue weighted by Crippen LogP contribution is 2.21. The molecule has 1 N–H and O–H groups in total. The van der Waals surface area contributed by atoms with Crippen LogP contribution in [0.25, 0.3) is 0 Å². The number of rotatable bonds is 4. The zero-order valence-electron chi connectivity index (χ0n) is 9.82. The molecule has 3 nitrogen and oxygen atoms in total. The largest absolute Gasteiger partial charge is 0.355 e. The highest BCUT2D eigenvalue weighted by atomic mass is 16.2. The second-order valence-electron chi connectivity index (χ2n) is 4.44. The first-order chi connectivity index (χ1) is 8.27. The zero-order valence-corrected chi connectivity index (χ0v) is 9.82. The van der Waals surface area contributed by atoms with Crippen LogP contribution in [0, 0.1) is 5.92 Å². The molecule has 1 aliphatic rings. The number of nitrogens with one attached hydrogen (secondary N) is 1. The maximum Gasteiger partial charge on any atom is 0.230 e. The van der Waals surface area contributed by atoms with Crippen molar-refractivity contribution in [1.29, 1.82) is 0 Å². The maximum atomic E-state index is 11.7. The first-order valence-corrected chi connectivity index (χ1v) is 6.12. The maximum absolute atomic E-state index is 11.7. The molecule has 0 heterocycles. The van der Waals surface area contributed by atoms with Gasteiger partial charge in [0.15, 0.2) is 0 Å². The Labute approximate surface area is 101 Å². The number of hydrogen-bond acceptors (Lipinski definition) is 2. The van der Waals surface area contributed by atoms with Crippen molar-refractivity contribution in [3.63, 3.8) is 0 Å². The van der Waals surface area contributed by atoms with E-state index >= 15 is 0 Å². The number of hydrogen-bond donors (Lipinski definition) is 1. The van der Waals surface area contributed by atoms with E-state index in [2.05, 4.69) is 5.32 Å². The molecule has 1 unspecified atom stereocenters. The molecule has 1 atom stereocenters. The fourth-order valence-corrected chi connectivity index (χ4v) is 2.19. The van der Waals surface area contributed by atoms with Crippen LogP contribution in [0.3, 0.4) is 0 Å². The molecule has 17 heavy (non-hydrogen) atoms. The summed E-state index contributed by atoms with van der Waals surface area (Å²) in [6, 6.07) is 10.0. The van der Waals surface area contributed by atoms with Crippen molar-refractivity contribution in [2.75, 3.05) is 6.54 Å². The van der Waals surface area contributed by atoms with Crippen LogP contribution >= 0.6 is 0 Å². The third-order valence-electron chi connectivity index (χ3n) is 3.18. The van der Waals surface area contributed by atoms with Crippen LogP contribution in [0.1, 0.15) is 24.8 Å². The molecule has 2 rings (SSSR count). The molecule has 0 bridgehead atoms. The fraction of sp³-hybridized carbons (Fsp3) is 0.429. The Hall–Kier alpha value is -1.64. The van der Waals surface area contributed by atoms with Crippen LogP contribution < -0.4 is 5.32 Å². The van der Waals surface area contributed by atoms with Gasteiger partial charge in [-0.25, -0.2) is 0 Å². The van der Waals surface area contributed by atoms with Gasteiger partial charge < -0.3 is 5.32 Å². The van der Waals surface area contributed by atoms with E-state index in [1.54, 1.807) is 0 Å². The quantitative estimate of drug-likeness (QED) is 0.802. The summed E-state index contributed by atoms with van der Waals surface area (Å²) in [6.07, 6.45) is 2.95. The molecule has 90 valence electrons. The summed E-state index contributed by atoms with van der Waals surface area (Å²) < 4.78 is 0. The Balaban J connectivity index is 1.75. The summed E-state index contributed by atoms with van der Waals surface area (Å²) in [5.41, 5.74) is 1.20. The van der Waals surface area contributed by atoms with Crippen LogP contribution in [0.4, 0.5) is 0 Å². The zero-order chi connectivity index (χ0) is 12.1. The van der Waals surface area contributed by atoms with Gasteiger partial charge in [0.05, 0.1) is 5.92 Å². The van der Waals surface area contributed by atoms with Crippen LogP contribution in [-0.4, -0.2) is 18.2 Å². The van der Waals surface area contributed by atoms with E-state index < -0.39 is 0 Å². The molecule has 3 heteroatoms. The van der Waals surface area contributed by atoms with Crippen molar-refractivity contribution in [1.82, 2.24) is 5.32 Å². The predicted octanol–water partition coefficient (Wildman–Crippen LogP) is 1.71. The molecule has 1 aliphatic carbocycles. The van der Waals surface area contributed by atoms with Gasteiger partial charge in [-0.1, -0.05) is 30.3 Å². The molecule has 1 aromatic rings. The van der Waals surface area contributed by atoms with E-state index in [0.29, 0.717) is 13.0 Å². The number of Topliss-reactive ketones (excluding diaryl/α,β-unsaturated/α-hetero) is 1. The molecule has 0 spiro atoms. The van der Waals surface area contributed by atoms with Gasteiger partial charge in [0.2, 0.25) is 5.91 Å². The number of ketones is 1. The van der Waals surface area contributed by atoms with E-state index in [0.717, 1.165) is 19.3 Å². The fourth-order valence-electron chi connectivity index (χ4n) is 2.19. The molecular formula is C14H17NO2. The van der Waals surface area contributed by atoms with Gasteiger partial charge in [-0.3, -0.25) is 9.59 Å². The number of carbonyl (C=O) groups excluding carboxylic acids is 2. The Morgan fingerprint density at radius 2 is 2.06 bits per heavy atom. The standard InChI is InChI=1S/C14H17NO2/c16-13-8-4-7-12(13)14(17)15-10-9-11-5-2-1-3-6-11/h1-3,5-6,12H,4,7-10H2,(H,15,17). The van der Waals surface area contributed by atoms with Crippen molar-refractivity contribution in [2.24, 2.45) is 5.92 Å². The molecule has 0 aliphatic heterocycles. The van der Waals surface area contributed by atoms with Gasteiger partial charge in [-0.15, -0.1) is 0 Å². The van der Waals surface area contributed by atoms with Gasteiger partial charge in [0.1, 0.15) is 5.78 Å². The first kappa shape index (κ1) is 11.8. The third kappa shape index (κ3) is 3.16. The smallest absolute Gasteiger partial charge is 0.230 e. The summed E-state index contributed by atoms with van der Waals surface area (Å²) in [4.78, 5) is 23.1. The Bertz CT molecular complexity index is 400. The van der Waals surface area contributed by atoms with E-state index in [1.807, 2.05) is 30.3 Å². The normalized spacial score (nSPS) is 19.3. The summed E-state index contributed by atoms with van der Waals surface area (Å²) in [5.74, 6) is -0.378. The molecule has 1 saturated carbocycles. The minimum absolute atomic E-state index is 0.0940. The number of carbonyl (C=O) groups is 2. The SMILES string of the molecule is O=C1CCCC1C(=O)NCCc1ccccc1. The van der Waals surface area contributed by atoms with Crippen molar-refractivity contribution in [2.45, 2.75) is 25.7 Å². The highest BCUT2D eigenvalue weighted by molar-refractivity contribution is 6.02. The van der Waals surface area contributed by atoms with Crippen molar-refractivity contribution < 1.29 is 9.59 Å². The van der Waals surface area contributed by atoms with Gasteiger partial charge >= 0.3 is 0 Å². The molecule has 1 amide bonds. The number of benzene rings is 1. The molecule has 1 fully saturated rings. The Morgan fingerprint density at radius 3 is 2.71 bits per heavy atom. The average molecular weight is 231 g/mol. The van der Waals surface area contributed by atoms with Crippen molar-refractivity contribution in [3.05, 3.63) is 35.9 Å². The van der Waals surface area contributed by atoms with Gasteiger partial charge in [0.25, 0.3) is 0 Å². The van der Waals surface area contributed by atoms with E-state index in [9.17, 15) is 9.59 Å². The lowest BCUT2D eigenvalue weighted by Crippen LogP contribution is -2.34. The lowest BCUT2D eigenvalue weighted by Gasteiger charge is -2.09. The molecule has 0 aromatic heterocycles. The minimum Gasteiger partial charge on any atom is -0.355 e. The second kappa shape index (κ2) is 5.62. The molecule has 0 saturated heterocycles. The van der Waals surface area contributed by atoms with Gasteiger partial charge in [-0.2, -0.15) is 0 Å². The van der Waals surface area contributed by atoms with Crippen LogP contribution in [0.5, 0.6) is 0 Å². The average Bonchev–Trinajstić information content (AvgIpc) is 2.77. The predicted molar refractivity (Wildman–Crippen MR) is 65.5 cm³/mol. The molecule has 0 radical (unpaired) electrons. The summed E-state index contributed by atoms with van der Waals surface area (Å²) in [7, 11) is 0. The van der Waals surface area contributed by atoms with Crippen LogP contribution in [0.15, 0.2) is 30.3 Å². The highest BCUT2D eigenvalue weighted by Gasteiger charge is 2.30. The summed E-state index contributed by atoms with van der Waals surface area (Å²) in [6.45, 7) is 0.604. The minimum atomic E-state index is -0.384. The van der Waals surface area contributed by atoms with Crippen LogP contribution in [-0.2, 0) is 16.0 Å². The van der Waals surface area contributed by atoms with Crippen molar-refractivity contribution >= 4 is 11.7 Å². The van der Waals surface area contributed by atoms with Crippen molar-refractivity contribution in [3.8, 4) is 0 Å². The summed E-state index contributed by atoms with van der Waals surface area (Å²) >= 11 is 0. The Morgan fingerprint density at radius 1 is 1.29 bits per heavy atom. The lowest BCUT2D eigenvalue weighted by molar-refractivity contribution is -0.132. The number of amides is 1. The van der Waals surface area contributed by atoms with E-state index in [-0.39, 0.29) is 17.6 Å². The first-order valence-electron chi connectivity index (χ1n) is 6.12. The topological polar surface area (TPSA) is 46.2 Å². The second-order valence-corrected chi connectivity index (χ2v) is 4.44. The Kier molecular flexibility index (Phi) is 3.91. The van der Waals surface area contributed by atoms with E-state index in [4.69, 9.17) is 0 Å². The third-order valence-corrected chi connectivity index (χ3v) is 3.18. The monoisotopic (exact) mass is 231 g/mol. The molecule has 1 aromatic carbocycles.